The maximum Gasteiger partial charge on any atom is 0.163 e. The van der Waals surface area contributed by atoms with Crippen molar-refractivity contribution in [3.8, 4) is 80.2 Å². The van der Waals surface area contributed by atoms with Crippen molar-refractivity contribution >= 4 is 43.6 Å². The van der Waals surface area contributed by atoms with Gasteiger partial charge in [0.05, 0.1) is 56.7 Å². The predicted molar refractivity (Wildman–Crippen MR) is 288 cm³/mol. The van der Waals surface area contributed by atoms with Crippen molar-refractivity contribution in [1.82, 2.24) is 68.9 Å². The number of nitrogens with zero attached hydrogens (tertiary/aromatic N) is 16. The summed E-state index contributed by atoms with van der Waals surface area (Å²) in [6.07, 6.45) is 0. The Labute approximate surface area is 430 Å². The van der Waals surface area contributed by atoms with Crippen LogP contribution in [0.3, 0.4) is 0 Å². The Balaban J connectivity index is 1.22. The van der Waals surface area contributed by atoms with Gasteiger partial charge in [-0.05, 0) is 171 Å². The first-order chi connectivity index (χ1) is 36.2. The summed E-state index contributed by atoms with van der Waals surface area (Å²) < 4.78 is 4.47. The molecule has 12 rings (SSSR count). The van der Waals surface area contributed by atoms with Gasteiger partial charge in [-0.1, -0.05) is 6.07 Å². The van der Waals surface area contributed by atoms with Crippen molar-refractivity contribution in [3.63, 3.8) is 0 Å². The molecule has 0 saturated carbocycles. The standard InChI is InChI=1S/C59H44N16/c1-29-18-38(27-60)20-43(19-29)45-26-55(75-52-16-12-41(58-70-34(6)64-35(7)71-58)23-48(52)49-24-42(13-17-53(49)75)59-72-36(8)65-37(9)73-59)54(25-44(45)28-61)74-50-14-10-39(56-66-30(2)62-31(3)67-56)21-46(50)47-22-40(11-15-51(47)74)57-68-32(4)63-33(5)69-57/h10-26H,1-9H3. The fourth-order valence-corrected chi connectivity index (χ4v) is 10.4. The average Bonchev–Trinajstić information content (AvgIpc) is 3.88. The van der Waals surface area contributed by atoms with Gasteiger partial charge >= 0.3 is 0 Å². The van der Waals surface area contributed by atoms with E-state index in [1.165, 1.54) is 0 Å². The third-order valence-electron chi connectivity index (χ3n) is 13.2. The normalized spacial score (nSPS) is 11.5. The van der Waals surface area contributed by atoms with Crippen molar-refractivity contribution < 1.29 is 0 Å². The van der Waals surface area contributed by atoms with E-state index in [9.17, 15) is 10.5 Å². The molecule has 75 heavy (non-hydrogen) atoms. The second-order valence-electron chi connectivity index (χ2n) is 18.8. The van der Waals surface area contributed by atoms with Crippen molar-refractivity contribution in [2.24, 2.45) is 0 Å². The highest BCUT2D eigenvalue weighted by atomic mass is 15.1. The monoisotopic (exact) mass is 976 g/mol. The van der Waals surface area contributed by atoms with Crippen LogP contribution in [0.4, 0.5) is 0 Å². The van der Waals surface area contributed by atoms with E-state index in [1.807, 2.05) is 111 Å². The molecule has 16 heteroatoms. The first-order valence-corrected chi connectivity index (χ1v) is 24.2. The number of aromatic nitrogens is 14. The first-order valence-electron chi connectivity index (χ1n) is 24.2. The molecule has 0 amide bonds. The molecule has 6 heterocycles. The summed E-state index contributed by atoms with van der Waals surface area (Å²) in [5, 5.41) is 25.1. The van der Waals surface area contributed by atoms with Gasteiger partial charge in [0.25, 0.3) is 0 Å². The molecule has 0 saturated heterocycles. The summed E-state index contributed by atoms with van der Waals surface area (Å²) in [5.74, 6) is 7.20. The third-order valence-corrected chi connectivity index (χ3v) is 13.2. The minimum atomic E-state index is 0.422. The Morgan fingerprint density at radius 2 is 0.640 bits per heavy atom. The minimum absolute atomic E-state index is 0.422. The number of aryl methyl sites for hydroxylation is 9. The molecule has 6 aromatic carbocycles. The molecular formula is C59H44N16. The Hall–Kier alpha value is -10.1. The van der Waals surface area contributed by atoms with Crippen LogP contribution in [0.15, 0.2) is 103 Å². The summed E-state index contributed by atoms with van der Waals surface area (Å²) in [4.78, 5) is 55.9. The highest BCUT2D eigenvalue weighted by Crippen LogP contribution is 2.44. The SMILES string of the molecule is Cc1cc(C#N)cc(-c2cc(-n3c4ccc(-c5nc(C)nc(C)n5)cc4c4cc(-c5nc(C)nc(C)n5)ccc43)c(-n3c4ccc(-c5nc(C)nc(C)n5)cc4c4cc(-c5nc(C)nc(C)n5)ccc43)cc2C#N)c1. The van der Waals surface area contributed by atoms with Crippen molar-refractivity contribution in [3.05, 3.63) is 166 Å². The smallest absolute Gasteiger partial charge is 0.163 e. The van der Waals surface area contributed by atoms with Crippen LogP contribution >= 0.6 is 0 Å². The maximum atomic E-state index is 11.3. The van der Waals surface area contributed by atoms with Crippen molar-refractivity contribution in [1.29, 1.82) is 10.5 Å². The molecule has 0 aliphatic heterocycles. The van der Waals surface area contributed by atoms with E-state index < -0.39 is 0 Å². The van der Waals surface area contributed by atoms with E-state index in [0.29, 0.717) is 86.6 Å². The topological polar surface area (TPSA) is 212 Å². The van der Waals surface area contributed by atoms with Gasteiger partial charge in [0.1, 0.15) is 46.6 Å². The Morgan fingerprint density at radius 3 is 0.947 bits per heavy atom. The van der Waals surface area contributed by atoms with Crippen LogP contribution in [-0.4, -0.2) is 68.9 Å². The fourth-order valence-electron chi connectivity index (χ4n) is 10.4. The Kier molecular flexibility index (Phi) is 10.8. The Morgan fingerprint density at radius 1 is 0.320 bits per heavy atom. The van der Waals surface area contributed by atoms with E-state index >= 15 is 0 Å². The maximum absolute atomic E-state index is 11.3. The lowest BCUT2D eigenvalue weighted by molar-refractivity contribution is 0.928. The summed E-state index contributed by atoms with van der Waals surface area (Å²) in [6.45, 7) is 16.9. The van der Waals surface area contributed by atoms with E-state index in [1.54, 1.807) is 0 Å². The molecule has 0 N–H and O–H groups in total. The average molecular weight is 977 g/mol. The molecule has 0 aliphatic carbocycles. The molecule has 0 atom stereocenters. The molecule has 0 bridgehead atoms. The summed E-state index contributed by atoms with van der Waals surface area (Å²) in [7, 11) is 0. The minimum Gasteiger partial charge on any atom is -0.307 e. The molecule has 0 aliphatic rings. The molecule has 0 unspecified atom stereocenters. The van der Waals surface area contributed by atoms with Crippen LogP contribution in [-0.2, 0) is 0 Å². The molecule has 12 aromatic rings. The van der Waals surface area contributed by atoms with Crippen LogP contribution in [0.1, 0.15) is 63.3 Å². The van der Waals surface area contributed by atoms with Crippen LogP contribution in [0, 0.1) is 85.0 Å². The number of hydrogen-bond donors (Lipinski definition) is 0. The molecule has 360 valence electrons. The largest absolute Gasteiger partial charge is 0.307 e. The molecular weight excluding hydrogens is 933 g/mol. The van der Waals surface area contributed by atoms with Gasteiger partial charge in [0.2, 0.25) is 0 Å². The van der Waals surface area contributed by atoms with Crippen molar-refractivity contribution in [2.75, 3.05) is 0 Å². The van der Waals surface area contributed by atoms with Gasteiger partial charge in [-0.2, -0.15) is 10.5 Å². The van der Waals surface area contributed by atoms with Gasteiger partial charge in [0, 0.05) is 49.4 Å². The highest BCUT2D eigenvalue weighted by molar-refractivity contribution is 6.14. The lowest BCUT2D eigenvalue weighted by Gasteiger charge is -2.20. The van der Waals surface area contributed by atoms with E-state index in [2.05, 4.69) is 95.8 Å². The van der Waals surface area contributed by atoms with Crippen LogP contribution in [0.25, 0.3) is 112 Å². The number of fused-ring (bicyclic) bond motifs is 6. The van der Waals surface area contributed by atoms with Crippen LogP contribution in [0.5, 0.6) is 0 Å². The van der Waals surface area contributed by atoms with Crippen LogP contribution in [0.2, 0.25) is 0 Å². The van der Waals surface area contributed by atoms with Crippen LogP contribution < -0.4 is 0 Å². The quantitative estimate of drug-likeness (QED) is 0.145. The van der Waals surface area contributed by atoms with E-state index in [4.69, 9.17) is 39.9 Å². The molecule has 0 radical (unpaired) electrons. The van der Waals surface area contributed by atoms with E-state index in [0.717, 1.165) is 88.4 Å². The zero-order chi connectivity index (χ0) is 52.0. The fraction of sp³-hybridized carbons (Fsp3) is 0.153. The second-order valence-corrected chi connectivity index (χ2v) is 18.8. The molecule has 16 nitrogen and oxygen atoms in total. The zero-order valence-corrected chi connectivity index (χ0v) is 42.5. The zero-order valence-electron chi connectivity index (χ0n) is 42.5. The van der Waals surface area contributed by atoms with Gasteiger partial charge in [-0.3, -0.25) is 0 Å². The Bertz CT molecular complexity index is 4220. The number of nitriles is 2. The van der Waals surface area contributed by atoms with E-state index in [-0.39, 0.29) is 0 Å². The summed E-state index contributed by atoms with van der Waals surface area (Å²) in [5.41, 5.74) is 11.4. The third kappa shape index (κ3) is 8.11. The highest BCUT2D eigenvalue weighted by Gasteiger charge is 2.25. The number of hydrogen-bond acceptors (Lipinski definition) is 14. The predicted octanol–water partition coefficient (Wildman–Crippen LogP) is 11.5. The number of benzene rings is 6. The van der Waals surface area contributed by atoms with Gasteiger partial charge in [-0.15, -0.1) is 0 Å². The molecule has 0 fully saturated rings. The summed E-state index contributed by atoms with van der Waals surface area (Å²) in [6, 6.07) is 39.6. The van der Waals surface area contributed by atoms with Gasteiger partial charge in [0.15, 0.2) is 23.3 Å². The number of rotatable bonds is 7. The second kappa shape index (κ2) is 17.6. The lowest BCUT2D eigenvalue weighted by atomic mass is 9.95. The summed E-state index contributed by atoms with van der Waals surface area (Å²) >= 11 is 0. The molecule has 6 aromatic heterocycles. The lowest BCUT2D eigenvalue weighted by Crippen LogP contribution is -2.06. The first kappa shape index (κ1) is 46.0. The van der Waals surface area contributed by atoms with Crippen molar-refractivity contribution in [2.45, 2.75) is 62.3 Å². The molecule has 0 spiro atoms. The van der Waals surface area contributed by atoms with Gasteiger partial charge in [-0.25, -0.2) is 59.8 Å². The van der Waals surface area contributed by atoms with Gasteiger partial charge < -0.3 is 9.13 Å².